The van der Waals surface area contributed by atoms with Crippen LogP contribution in [0.5, 0.6) is 0 Å². The van der Waals surface area contributed by atoms with Gasteiger partial charge >= 0.3 is 0 Å². The van der Waals surface area contributed by atoms with Crippen LogP contribution in [0.3, 0.4) is 0 Å². The minimum atomic E-state index is 0.360. The summed E-state index contributed by atoms with van der Waals surface area (Å²) >= 11 is 1.52. The summed E-state index contributed by atoms with van der Waals surface area (Å²) in [4.78, 5) is 4.52. The van der Waals surface area contributed by atoms with Gasteiger partial charge in [0.15, 0.2) is 0 Å². The molecule has 0 saturated carbocycles. The number of nitrogens with zero attached hydrogens (tertiary/aromatic N) is 3. The van der Waals surface area contributed by atoms with Gasteiger partial charge in [0.1, 0.15) is 0 Å². The van der Waals surface area contributed by atoms with Crippen LogP contribution in [-0.4, -0.2) is 15.9 Å². The van der Waals surface area contributed by atoms with E-state index in [1.165, 1.54) is 22.9 Å². The molecule has 1 heterocycles. The summed E-state index contributed by atoms with van der Waals surface area (Å²) in [5.41, 5.74) is 4.46. The summed E-state index contributed by atoms with van der Waals surface area (Å²) in [6.07, 6.45) is 6.47. The lowest BCUT2D eigenvalue weighted by Crippen LogP contribution is -1.93. The molecule has 0 N–H and O–H groups in total. The second-order valence-electron chi connectivity index (χ2n) is 4.61. The monoisotopic (exact) mass is 283 g/mol. The van der Waals surface area contributed by atoms with Crippen molar-refractivity contribution >= 4 is 22.5 Å². The number of thioether (sulfide) groups is 1. The Labute approximate surface area is 124 Å². The highest BCUT2D eigenvalue weighted by molar-refractivity contribution is 8.13. The first-order chi connectivity index (χ1) is 9.63. The fourth-order valence-corrected chi connectivity index (χ4v) is 2.43. The Bertz CT molecular complexity index is 677. The Hall–Kier alpha value is -1.99. The smallest absolute Gasteiger partial charge is 0.0876 e. The predicted octanol–water partition coefficient (Wildman–Crippen LogP) is 4.40. The van der Waals surface area contributed by atoms with Crippen molar-refractivity contribution in [3.63, 3.8) is 0 Å². The van der Waals surface area contributed by atoms with Crippen molar-refractivity contribution in [2.75, 3.05) is 6.26 Å². The first-order valence-electron chi connectivity index (χ1n) is 6.38. The van der Waals surface area contributed by atoms with Crippen LogP contribution in [0.25, 0.3) is 5.69 Å². The van der Waals surface area contributed by atoms with E-state index in [1.807, 2.05) is 12.3 Å². The number of hydrogen-bond acceptors (Lipinski definition) is 3. The number of rotatable bonds is 3. The van der Waals surface area contributed by atoms with E-state index >= 15 is 0 Å². The molecule has 0 fully saturated rings. The molecule has 0 aliphatic heterocycles. The fraction of sp³-hybridized carbons (Fsp3) is 0.250. The molecule has 0 radical (unpaired) electrons. The Balaban J connectivity index is 2.33. The summed E-state index contributed by atoms with van der Waals surface area (Å²) in [7, 11) is 0. The number of aromatic nitrogens is 1. The summed E-state index contributed by atoms with van der Waals surface area (Å²) in [6.45, 7) is 4.16. The molecule has 0 amide bonds. The van der Waals surface area contributed by atoms with Crippen molar-refractivity contribution in [2.45, 2.75) is 20.3 Å². The number of benzene rings is 1. The van der Waals surface area contributed by atoms with Gasteiger partial charge in [-0.15, -0.1) is 11.8 Å². The molecule has 3 nitrogen and oxygen atoms in total. The number of aliphatic imine (C=N–C) groups is 1. The highest BCUT2D eigenvalue weighted by Crippen LogP contribution is 2.23. The lowest BCUT2D eigenvalue weighted by Gasteiger charge is -2.08. The van der Waals surface area contributed by atoms with Crippen LogP contribution in [0, 0.1) is 25.2 Å². The van der Waals surface area contributed by atoms with Crippen molar-refractivity contribution in [3.8, 4) is 11.8 Å². The largest absolute Gasteiger partial charge is 0.323 e. The van der Waals surface area contributed by atoms with Crippen molar-refractivity contribution in [3.05, 3.63) is 47.8 Å². The number of nitriles is 1. The summed E-state index contributed by atoms with van der Waals surface area (Å²) in [5.74, 6) is 0. The molecule has 102 valence electrons. The molecule has 0 bridgehead atoms. The molecule has 0 aliphatic carbocycles. The van der Waals surface area contributed by atoms with E-state index in [0.29, 0.717) is 6.42 Å². The minimum Gasteiger partial charge on any atom is -0.323 e. The topological polar surface area (TPSA) is 41.1 Å². The molecule has 0 unspecified atom stereocenters. The molecule has 0 saturated heterocycles. The second-order valence-corrected chi connectivity index (χ2v) is 5.49. The Morgan fingerprint density at radius 2 is 2.15 bits per heavy atom. The van der Waals surface area contributed by atoms with Gasteiger partial charge in [-0.1, -0.05) is 0 Å². The maximum absolute atomic E-state index is 8.75. The van der Waals surface area contributed by atoms with Crippen LogP contribution in [0.15, 0.2) is 41.7 Å². The molecule has 1 aromatic carbocycles. The molecule has 0 aliphatic rings. The van der Waals surface area contributed by atoms with Gasteiger partial charge in [-0.25, -0.2) is 4.99 Å². The molecule has 2 rings (SSSR count). The zero-order valence-electron chi connectivity index (χ0n) is 11.9. The van der Waals surface area contributed by atoms with E-state index in [-0.39, 0.29) is 0 Å². The van der Waals surface area contributed by atoms with E-state index in [1.54, 1.807) is 0 Å². The maximum Gasteiger partial charge on any atom is 0.0876 e. The third-order valence-corrected chi connectivity index (χ3v) is 3.73. The van der Waals surface area contributed by atoms with Crippen LogP contribution < -0.4 is 0 Å². The molecule has 1 aromatic heterocycles. The molecule has 20 heavy (non-hydrogen) atoms. The van der Waals surface area contributed by atoms with E-state index < -0.39 is 0 Å². The SMILES string of the molecule is CSC(CC#N)=Nc1ccc(-n2ccc(C)c2)c(C)c1. The maximum atomic E-state index is 8.75. The van der Waals surface area contributed by atoms with Crippen LogP contribution in [0.4, 0.5) is 5.69 Å². The van der Waals surface area contributed by atoms with Crippen LogP contribution in [0.1, 0.15) is 17.5 Å². The predicted molar refractivity (Wildman–Crippen MR) is 86.1 cm³/mol. The molecule has 4 heteroatoms. The van der Waals surface area contributed by atoms with Gasteiger partial charge in [0.25, 0.3) is 0 Å². The summed E-state index contributed by atoms with van der Waals surface area (Å²) < 4.78 is 2.11. The molecule has 2 aromatic rings. The molecule has 0 spiro atoms. The zero-order chi connectivity index (χ0) is 14.5. The summed E-state index contributed by atoms with van der Waals surface area (Å²) in [5, 5.41) is 9.59. The van der Waals surface area contributed by atoms with Gasteiger partial charge in [-0.3, -0.25) is 0 Å². The Morgan fingerprint density at radius 3 is 2.70 bits per heavy atom. The van der Waals surface area contributed by atoms with Crippen LogP contribution >= 0.6 is 11.8 Å². The minimum absolute atomic E-state index is 0.360. The van der Waals surface area contributed by atoms with E-state index in [4.69, 9.17) is 5.26 Å². The number of hydrogen-bond donors (Lipinski definition) is 0. The molecular weight excluding hydrogens is 266 g/mol. The van der Waals surface area contributed by atoms with Crippen molar-refractivity contribution < 1.29 is 0 Å². The van der Waals surface area contributed by atoms with E-state index in [0.717, 1.165) is 16.4 Å². The first kappa shape index (κ1) is 14.4. The Morgan fingerprint density at radius 1 is 1.35 bits per heavy atom. The zero-order valence-corrected chi connectivity index (χ0v) is 12.7. The second kappa shape index (κ2) is 6.44. The Kier molecular flexibility index (Phi) is 4.65. The van der Waals surface area contributed by atoms with Gasteiger partial charge in [0.05, 0.1) is 23.2 Å². The van der Waals surface area contributed by atoms with Gasteiger partial charge < -0.3 is 4.57 Å². The van der Waals surface area contributed by atoms with E-state index in [2.05, 4.69) is 60.1 Å². The lowest BCUT2D eigenvalue weighted by atomic mass is 10.2. The first-order valence-corrected chi connectivity index (χ1v) is 7.60. The van der Waals surface area contributed by atoms with Gasteiger partial charge in [0, 0.05) is 18.1 Å². The van der Waals surface area contributed by atoms with Gasteiger partial charge in [-0.05, 0) is 55.5 Å². The average Bonchev–Trinajstić information content (AvgIpc) is 2.85. The van der Waals surface area contributed by atoms with E-state index in [9.17, 15) is 0 Å². The lowest BCUT2D eigenvalue weighted by molar-refractivity contribution is 1.06. The molecular formula is C16H17N3S. The molecule has 0 atom stereocenters. The van der Waals surface area contributed by atoms with Crippen molar-refractivity contribution in [2.24, 2.45) is 4.99 Å². The van der Waals surface area contributed by atoms with Gasteiger partial charge in [-0.2, -0.15) is 5.26 Å². The third kappa shape index (κ3) is 3.31. The highest BCUT2D eigenvalue weighted by Gasteiger charge is 2.03. The highest BCUT2D eigenvalue weighted by atomic mass is 32.2. The van der Waals surface area contributed by atoms with Crippen LogP contribution in [-0.2, 0) is 0 Å². The standard InChI is InChI=1S/C16H17N3S/c1-12-7-9-19(11-12)15-5-4-14(10-13(15)2)18-16(20-3)6-8-17/h4-5,7,9-11H,6H2,1-3H3. The number of aryl methyl sites for hydroxylation is 2. The normalized spacial score (nSPS) is 11.4. The van der Waals surface area contributed by atoms with Crippen LogP contribution in [0.2, 0.25) is 0 Å². The fourth-order valence-electron chi connectivity index (χ4n) is 2.02. The summed E-state index contributed by atoms with van der Waals surface area (Å²) in [6, 6.07) is 10.3. The average molecular weight is 283 g/mol. The third-order valence-electron chi connectivity index (χ3n) is 3.02. The van der Waals surface area contributed by atoms with Crippen molar-refractivity contribution in [1.29, 1.82) is 5.26 Å². The van der Waals surface area contributed by atoms with Gasteiger partial charge in [0.2, 0.25) is 0 Å². The quantitative estimate of drug-likeness (QED) is 0.618. The van der Waals surface area contributed by atoms with Crippen molar-refractivity contribution in [1.82, 2.24) is 4.57 Å².